The van der Waals surface area contributed by atoms with Crippen LogP contribution in [0.15, 0.2) is 0 Å². The highest BCUT2D eigenvalue weighted by Crippen LogP contribution is 2.18. The molecule has 1 aromatic rings. The van der Waals surface area contributed by atoms with Crippen LogP contribution in [-0.4, -0.2) is 16.5 Å². The maximum absolute atomic E-state index is 5.46. The van der Waals surface area contributed by atoms with Crippen LogP contribution in [0.25, 0.3) is 0 Å². The van der Waals surface area contributed by atoms with E-state index in [-0.39, 0.29) is 24.8 Å². The van der Waals surface area contributed by atoms with Crippen molar-refractivity contribution in [3.05, 3.63) is 17.2 Å². The van der Waals surface area contributed by atoms with Crippen molar-refractivity contribution >= 4 is 24.8 Å². The molecule has 0 saturated heterocycles. The number of hydrogen-bond acceptors (Lipinski definition) is 2. The van der Waals surface area contributed by atoms with Gasteiger partial charge in [0.25, 0.3) is 0 Å². The summed E-state index contributed by atoms with van der Waals surface area (Å²) in [6, 6.07) is 0. The fourth-order valence-corrected chi connectivity index (χ4v) is 1.90. The number of rotatable bonds is 3. The quantitative estimate of drug-likeness (QED) is 0.864. The number of H-pyrrole nitrogens is 1. The topological polar surface area (TPSA) is 54.7 Å². The first kappa shape index (κ1) is 14.8. The van der Waals surface area contributed by atoms with E-state index in [2.05, 4.69) is 9.97 Å². The molecule has 0 spiro atoms. The second-order valence-electron chi connectivity index (χ2n) is 3.71. The van der Waals surface area contributed by atoms with Crippen LogP contribution in [0.5, 0.6) is 0 Å². The number of aromatic nitrogens is 2. The van der Waals surface area contributed by atoms with Crippen molar-refractivity contribution in [3.8, 4) is 0 Å². The largest absolute Gasteiger partial charge is 0.346 e. The van der Waals surface area contributed by atoms with Crippen LogP contribution >= 0.6 is 24.8 Å². The number of fused-ring (bicyclic) bond motifs is 1. The minimum atomic E-state index is 0. The average Bonchev–Trinajstić information content (AvgIpc) is 2.57. The Hall–Kier alpha value is -0.250. The van der Waals surface area contributed by atoms with Gasteiger partial charge >= 0.3 is 0 Å². The fraction of sp³-hybridized carbons (Fsp3) is 0.700. The van der Waals surface area contributed by atoms with Crippen molar-refractivity contribution in [1.82, 2.24) is 9.97 Å². The van der Waals surface area contributed by atoms with Gasteiger partial charge in [0, 0.05) is 12.1 Å². The number of nitrogens with one attached hydrogen (secondary N) is 1. The molecule has 3 nitrogen and oxygen atoms in total. The smallest absolute Gasteiger partial charge is 0.106 e. The lowest BCUT2D eigenvalue weighted by Gasteiger charge is -2.07. The van der Waals surface area contributed by atoms with Gasteiger partial charge in [-0.3, -0.25) is 0 Å². The average molecular weight is 252 g/mol. The lowest BCUT2D eigenvalue weighted by molar-refractivity contribution is 0.667. The highest BCUT2D eigenvalue weighted by Gasteiger charge is 2.13. The summed E-state index contributed by atoms with van der Waals surface area (Å²) in [4.78, 5) is 7.98. The minimum Gasteiger partial charge on any atom is -0.346 e. The molecule has 1 aromatic heterocycles. The summed E-state index contributed by atoms with van der Waals surface area (Å²) in [7, 11) is 0. The van der Waals surface area contributed by atoms with Gasteiger partial charge in [-0.25, -0.2) is 4.98 Å². The standard InChI is InChI=1S/C10H17N3.2ClH/c11-7-3-6-10-12-8-4-1-2-5-9(8)13-10;;/h1-7,11H2,(H,12,13);2*1H. The Morgan fingerprint density at radius 3 is 2.60 bits per heavy atom. The first-order valence-electron chi connectivity index (χ1n) is 5.17. The number of nitrogens with zero attached hydrogens (tertiary/aromatic N) is 1. The minimum absolute atomic E-state index is 0. The van der Waals surface area contributed by atoms with Gasteiger partial charge in [0.1, 0.15) is 5.82 Å². The lowest BCUT2D eigenvalue weighted by atomic mass is 10.0. The Balaban J connectivity index is 0.000000980. The zero-order valence-corrected chi connectivity index (χ0v) is 10.4. The SMILES string of the molecule is Cl.Cl.NCCCc1nc2c([nH]1)CCCC2. The Morgan fingerprint density at radius 2 is 1.93 bits per heavy atom. The molecule has 0 saturated carbocycles. The lowest BCUT2D eigenvalue weighted by Crippen LogP contribution is -2.01. The number of aryl methyl sites for hydroxylation is 3. The van der Waals surface area contributed by atoms with Gasteiger partial charge in [-0.1, -0.05) is 0 Å². The van der Waals surface area contributed by atoms with Crippen molar-refractivity contribution in [2.24, 2.45) is 5.73 Å². The molecular weight excluding hydrogens is 233 g/mol. The van der Waals surface area contributed by atoms with Crippen molar-refractivity contribution in [3.63, 3.8) is 0 Å². The van der Waals surface area contributed by atoms with E-state index in [1.54, 1.807) is 0 Å². The number of halogens is 2. The van der Waals surface area contributed by atoms with Gasteiger partial charge < -0.3 is 10.7 Å². The summed E-state index contributed by atoms with van der Waals surface area (Å²) in [6.45, 7) is 0.755. The molecule has 0 fully saturated rings. The molecule has 5 heteroatoms. The van der Waals surface area contributed by atoms with Crippen LogP contribution in [-0.2, 0) is 19.3 Å². The Labute approximate surface area is 103 Å². The predicted octanol–water partition coefficient (Wildman–Crippen LogP) is 2.02. The van der Waals surface area contributed by atoms with Crippen molar-refractivity contribution < 1.29 is 0 Å². The van der Waals surface area contributed by atoms with E-state index in [1.807, 2.05) is 0 Å². The van der Waals surface area contributed by atoms with Crippen LogP contribution in [0, 0.1) is 0 Å². The van der Waals surface area contributed by atoms with Crippen LogP contribution in [0.2, 0.25) is 0 Å². The molecule has 0 amide bonds. The molecule has 0 bridgehead atoms. The van der Waals surface area contributed by atoms with Gasteiger partial charge in [-0.15, -0.1) is 24.8 Å². The number of aromatic amines is 1. The van der Waals surface area contributed by atoms with Crippen molar-refractivity contribution in [1.29, 1.82) is 0 Å². The van der Waals surface area contributed by atoms with Crippen molar-refractivity contribution in [2.45, 2.75) is 38.5 Å². The van der Waals surface area contributed by atoms with Crippen LogP contribution in [0.4, 0.5) is 0 Å². The molecule has 2 rings (SSSR count). The number of hydrogen-bond donors (Lipinski definition) is 2. The predicted molar refractivity (Wildman–Crippen MR) is 67.1 cm³/mol. The van der Waals surface area contributed by atoms with E-state index in [1.165, 1.54) is 30.7 Å². The van der Waals surface area contributed by atoms with E-state index in [0.29, 0.717) is 0 Å². The monoisotopic (exact) mass is 251 g/mol. The molecule has 88 valence electrons. The third kappa shape index (κ3) is 3.67. The summed E-state index contributed by atoms with van der Waals surface area (Å²) in [5, 5.41) is 0. The van der Waals surface area contributed by atoms with Gasteiger partial charge in [0.2, 0.25) is 0 Å². The highest BCUT2D eigenvalue weighted by molar-refractivity contribution is 5.85. The van der Waals surface area contributed by atoms with Crippen LogP contribution in [0.3, 0.4) is 0 Å². The third-order valence-corrected chi connectivity index (χ3v) is 2.62. The van der Waals surface area contributed by atoms with Gasteiger partial charge in [-0.05, 0) is 38.6 Å². The molecule has 0 aliphatic heterocycles. The molecule has 15 heavy (non-hydrogen) atoms. The highest BCUT2D eigenvalue weighted by atomic mass is 35.5. The first-order chi connectivity index (χ1) is 6.40. The fourth-order valence-electron chi connectivity index (χ4n) is 1.90. The Bertz CT molecular complexity index is 263. The Kier molecular flexibility index (Phi) is 6.98. The molecule has 1 aliphatic rings. The summed E-state index contributed by atoms with van der Waals surface area (Å²) in [6.07, 6.45) is 7.00. The van der Waals surface area contributed by atoms with Crippen LogP contribution in [0.1, 0.15) is 36.5 Å². The van der Waals surface area contributed by atoms with E-state index < -0.39 is 0 Å². The molecule has 0 radical (unpaired) electrons. The summed E-state index contributed by atoms with van der Waals surface area (Å²) >= 11 is 0. The molecular formula is C10H19Cl2N3. The number of nitrogens with two attached hydrogens (primary N) is 1. The van der Waals surface area contributed by atoms with E-state index in [4.69, 9.17) is 5.73 Å². The normalized spacial score (nSPS) is 13.7. The maximum Gasteiger partial charge on any atom is 0.106 e. The van der Waals surface area contributed by atoms with E-state index in [0.717, 1.165) is 31.6 Å². The third-order valence-electron chi connectivity index (χ3n) is 2.62. The molecule has 1 aliphatic carbocycles. The summed E-state index contributed by atoms with van der Waals surface area (Å²) in [5.74, 6) is 1.14. The van der Waals surface area contributed by atoms with Gasteiger partial charge in [-0.2, -0.15) is 0 Å². The molecule has 0 atom stereocenters. The Morgan fingerprint density at radius 1 is 1.20 bits per heavy atom. The molecule has 0 unspecified atom stereocenters. The van der Waals surface area contributed by atoms with Crippen molar-refractivity contribution in [2.75, 3.05) is 6.54 Å². The van der Waals surface area contributed by atoms with Gasteiger partial charge in [0.15, 0.2) is 0 Å². The molecule has 0 aromatic carbocycles. The van der Waals surface area contributed by atoms with Crippen LogP contribution < -0.4 is 5.73 Å². The zero-order chi connectivity index (χ0) is 9.10. The summed E-state index contributed by atoms with van der Waals surface area (Å²) < 4.78 is 0. The van der Waals surface area contributed by atoms with Gasteiger partial charge in [0.05, 0.1) is 5.69 Å². The number of imidazole rings is 1. The molecule has 3 N–H and O–H groups in total. The van der Waals surface area contributed by atoms with E-state index in [9.17, 15) is 0 Å². The zero-order valence-electron chi connectivity index (χ0n) is 8.79. The molecule has 1 heterocycles. The summed E-state index contributed by atoms with van der Waals surface area (Å²) in [5.41, 5.74) is 8.13. The second kappa shape index (κ2) is 7.09. The maximum atomic E-state index is 5.46. The van der Waals surface area contributed by atoms with E-state index >= 15 is 0 Å². The second-order valence-corrected chi connectivity index (χ2v) is 3.71. The first-order valence-corrected chi connectivity index (χ1v) is 5.17.